The van der Waals surface area contributed by atoms with Gasteiger partial charge in [-0.2, -0.15) is 0 Å². The average Bonchev–Trinajstić information content (AvgIpc) is 3.46. The molecule has 0 aliphatic heterocycles. The third-order valence-electron chi connectivity index (χ3n) is 18.4. The second kappa shape index (κ2) is 15.3. The van der Waals surface area contributed by atoms with E-state index in [-0.39, 0.29) is 63.3 Å². The Balaban J connectivity index is 1.08. The zero-order chi connectivity index (χ0) is 43.2. The summed E-state index contributed by atoms with van der Waals surface area (Å²) in [6, 6.07) is 6.64. The third-order valence-corrected chi connectivity index (χ3v) is 18.7. The standard InChI is InChI=1S/C49H71ClN2O7/c1-27(2)39-34(53)24-49(37(54)26-51-25-28(3)52-41(55)29-11-13-30(50)14-12-29)22-21-47(9)31(40(39)49)15-16-36-46(8)19-18-38(45(6,7)35(46)17-20-48(36,47)10)59-43(58)33-23-32(42(56)57)44(33,4)5/h11-14,27-28,31-33,35-38,51,54H,15-26H2,1-10H3,(H,52,55)(H,56,57)/t28-,31-,32+,33-,35+,36-,37+,38+,46+,47-,48-,49+/m1/s1. The van der Waals surface area contributed by atoms with Crippen LogP contribution in [0.1, 0.15) is 144 Å². The number of nitrogens with one attached hydrogen (secondary N) is 2. The summed E-state index contributed by atoms with van der Waals surface area (Å²) in [7, 11) is 0. The van der Waals surface area contributed by atoms with E-state index in [9.17, 15) is 29.4 Å². The lowest BCUT2D eigenvalue weighted by Gasteiger charge is -2.72. The number of fused-ring (bicyclic) bond motifs is 7. The Bertz CT molecular complexity index is 1890. The Labute approximate surface area is 357 Å². The molecule has 9 nitrogen and oxygen atoms in total. The second-order valence-corrected chi connectivity index (χ2v) is 22.6. The number of ketones is 1. The molecule has 0 aromatic heterocycles. The van der Waals surface area contributed by atoms with Gasteiger partial charge in [0.05, 0.1) is 17.9 Å². The van der Waals surface area contributed by atoms with Crippen LogP contribution in [-0.2, 0) is 19.1 Å². The van der Waals surface area contributed by atoms with Crippen LogP contribution < -0.4 is 10.6 Å². The number of aliphatic hydroxyl groups excluding tert-OH is 1. The number of carbonyl (C=O) groups is 4. The van der Waals surface area contributed by atoms with Crippen LogP contribution in [0.4, 0.5) is 0 Å². The first kappa shape index (κ1) is 44.3. The Morgan fingerprint density at radius 2 is 1.51 bits per heavy atom. The minimum atomic E-state index is -0.838. The SMILES string of the molecule is CC(C)C1=C2[C@H]3CC[C@@H]4[C@@]5(C)CC[C@H](OC(=O)[C@H]6C[C@@H](C(=O)O)C6(C)C)C(C)(C)[C@@H]5CC[C@@]4(C)[C@]3(C)CC[C@@]2([C@@H](O)CNC[C@@H](C)NC(=O)c2ccc(Cl)cc2)CC1=O. The van der Waals surface area contributed by atoms with Gasteiger partial charge in [-0.15, -0.1) is 0 Å². The van der Waals surface area contributed by atoms with Crippen LogP contribution >= 0.6 is 11.6 Å². The quantitative estimate of drug-likeness (QED) is 0.162. The van der Waals surface area contributed by atoms with Gasteiger partial charge in [0.1, 0.15) is 6.10 Å². The highest BCUT2D eigenvalue weighted by Crippen LogP contribution is 2.77. The fraction of sp³-hybridized carbons (Fsp3) is 0.755. The molecule has 0 heterocycles. The minimum absolute atomic E-state index is 0.0242. The fourth-order valence-corrected chi connectivity index (χ4v) is 15.0. The van der Waals surface area contributed by atoms with Gasteiger partial charge in [-0.25, -0.2) is 0 Å². The Hall–Kier alpha value is -2.75. The molecule has 5 saturated carbocycles. The number of hydrogen-bond donors (Lipinski definition) is 4. The van der Waals surface area contributed by atoms with Crippen molar-refractivity contribution >= 4 is 35.2 Å². The number of Topliss-reactive ketones (excluding diaryl/α,β-unsaturated/α-hetero) is 1. The van der Waals surface area contributed by atoms with Crippen molar-refractivity contribution in [1.82, 2.24) is 10.6 Å². The number of allylic oxidation sites excluding steroid dienone is 1. The summed E-state index contributed by atoms with van der Waals surface area (Å²) in [6.45, 7) is 23.0. The number of carboxylic acid groups (broad SMARTS) is 1. The maximum atomic E-state index is 14.1. The van der Waals surface area contributed by atoms with Crippen molar-refractivity contribution in [2.45, 2.75) is 152 Å². The van der Waals surface area contributed by atoms with Crippen LogP contribution in [0.3, 0.4) is 0 Å². The van der Waals surface area contributed by atoms with Gasteiger partial charge in [-0.3, -0.25) is 19.2 Å². The number of amides is 1. The van der Waals surface area contributed by atoms with Gasteiger partial charge in [0, 0.05) is 47.0 Å². The van der Waals surface area contributed by atoms with E-state index in [4.69, 9.17) is 16.3 Å². The number of benzene rings is 1. The number of aliphatic carboxylic acids is 1. The molecule has 1 amide bonds. The molecule has 6 aliphatic rings. The molecule has 59 heavy (non-hydrogen) atoms. The van der Waals surface area contributed by atoms with E-state index >= 15 is 0 Å². The lowest BCUT2D eigenvalue weighted by molar-refractivity contribution is -0.238. The van der Waals surface area contributed by atoms with Gasteiger partial charge in [0.2, 0.25) is 0 Å². The first-order valence-corrected chi connectivity index (χ1v) is 23.0. The second-order valence-electron chi connectivity index (χ2n) is 22.2. The van der Waals surface area contributed by atoms with Crippen LogP contribution in [0.5, 0.6) is 0 Å². The molecule has 12 atom stereocenters. The number of hydrogen-bond acceptors (Lipinski definition) is 7. The van der Waals surface area contributed by atoms with Gasteiger partial charge >= 0.3 is 11.9 Å². The number of aliphatic hydroxyl groups is 1. The number of ether oxygens (including phenoxy) is 1. The summed E-state index contributed by atoms with van der Waals surface area (Å²) >= 11 is 6.01. The largest absolute Gasteiger partial charge is 0.481 e. The zero-order valence-electron chi connectivity index (χ0n) is 37.3. The van der Waals surface area contributed by atoms with Gasteiger partial charge in [-0.05, 0) is 140 Å². The van der Waals surface area contributed by atoms with Crippen molar-refractivity contribution in [2.75, 3.05) is 13.1 Å². The molecule has 5 fully saturated rings. The van der Waals surface area contributed by atoms with Crippen LogP contribution in [-0.4, -0.2) is 65.2 Å². The van der Waals surface area contributed by atoms with E-state index in [0.29, 0.717) is 48.4 Å². The first-order chi connectivity index (χ1) is 27.5. The molecule has 6 aliphatic carbocycles. The molecule has 326 valence electrons. The van der Waals surface area contributed by atoms with Crippen molar-refractivity contribution < 1.29 is 34.1 Å². The van der Waals surface area contributed by atoms with E-state index in [1.165, 1.54) is 5.57 Å². The average molecular weight is 836 g/mol. The summed E-state index contributed by atoms with van der Waals surface area (Å²) in [6.07, 6.45) is 7.44. The van der Waals surface area contributed by atoms with Crippen molar-refractivity contribution in [3.05, 3.63) is 46.0 Å². The summed E-state index contributed by atoms with van der Waals surface area (Å²) in [5, 5.41) is 29.0. The van der Waals surface area contributed by atoms with Gasteiger partial charge in [-0.1, -0.05) is 79.5 Å². The van der Waals surface area contributed by atoms with E-state index in [1.54, 1.807) is 24.3 Å². The summed E-state index contributed by atoms with van der Waals surface area (Å²) in [5.74, 6) is -0.847. The van der Waals surface area contributed by atoms with Gasteiger partial charge in [0.25, 0.3) is 5.91 Å². The lowest BCUT2D eigenvalue weighted by Crippen LogP contribution is -2.66. The minimum Gasteiger partial charge on any atom is -0.481 e. The van der Waals surface area contributed by atoms with Crippen LogP contribution in [0, 0.1) is 68.0 Å². The predicted molar refractivity (Wildman–Crippen MR) is 230 cm³/mol. The number of carbonyl (C=O) groups excluding carboxylic acids is 3. The summed E-state index contributed by atoms with van der Waals surface area (Å²) in [4.78, 5) is 52.4. The Morgan fingerprint density at radius 1 is 0.831 bits per heavy atom. The van der Waals surface area contributed by atoms with Gasteiger partial charge < -0.3 is 25.6 Å². The maximum absolute atomic E-state index is 14.1. The molecule has 1 aromatic rings. The number of carboxylic acids is 1. The predicted octanol–water partition coefficient (Wildman–Crippen LogP) is 9.05. The molecular weight excluding hydrogens is 764 g/mol. The van der Waals surface area contributed by atoms with E-state index in [2.05, 4.69) is 59.1 Å². The number of halogens is 1. The monoisotopic (exact) mass is 834 g/mol. The lowest BCUT2D eigenvalue weighted by atomic mass is 9.33. The van der Waals surface area contributed by atoms with Crippen LogP contribution in [0.25, 0.3) is 0 Å². The van der Waals surface area contributed by atoms with Crippen molar-refractivity contribution in [2.24, 2.45) is 68.0 Å². The van der Waals surface area contributed by atoms with Crippen LogP contribution in [0.2, 0.25) is 5.02 Å². The van der Waals surface area contributed by atoms with E-state index < -0.39 is 34.7 Å². The topological polar surface area (TPSA) is 142 Å². The van der Waals surface area contributed by atoms with Crippen molar-refractivity contribution in [3.63, 3.8) is 0 Å². The van der Waals surface area contributed by atoms with Gasteiger partial charge in [0.15, 0.2) is 5.78 Å². The highest BCUT2D eigenvalue weighted by Gasteiger charge is 2.71. The van der Waals surface area contributed by atoms with E-state index in [0.717, 1.165) is 56.9 Å². The Morgan fingerprint density at radius 3 is 2.14 bits per heavy atom. The number of rotatable bonds is 11. The smallest absolute Gasteiger partial charge is 0.309 e. The molecule has 4 N–H and O–H groups in total. The maximum Gasteiger partial charge on any atom is 0.309 e. The third kappa shape index (κ3) is 6.85. The molecule has 10 heteroatoms. The zero-order valence-corrected chi connectivity index (χ0v) is 38.1. The Kier molecular flexibility index (Phi) is 11.5. The summed E-state index contributed by atoms with van der Waals surface area (Å²) < 4.78 is 6.42. The number of esters is 1. The summed E-state index contributed by atoms with van der Waals surface area (Å²) in [5.41, 5.74) is 1.32. The molecule has 0 radical (unpaired) electrons. The van der Waals surface area contributed by atoms with Crippen molar-refractivity contribution in [1.29, 1.82) is 0 Å². The normalized spacial score (nSPS) is 39.2. The first-order valence-electron chi connectivity index (χ1n) is 22.6. The van der Waals surface area contributed by atoms with Crippen molar-refractivity contribution in [3.8, 4) is 0 Å². The molecule has 1 aromatic carbocycles. The molecular formula is C49H71ClN2O7. The van der Waals surface area contributed by atoms with E-state index in [1.807, 2.05) is 20.8 Å². The highest BCUT2D eigenvalue weighted by molar-refractivity contribution is 6.30. The molecule has 0 unspecified atom stereocenters. The molecule has 0 bridgehead atoms. The fourth-order valence-electron chi connectivity index (χ4n) is 14.8. The molecule has 7 rings (SSSR count). The molecule has 0 saturated heterocycles. The van der Waals surface area contributed by atoms with Crippen LogP contribution in [0.15, 0.2) is 35.4 Å². The highest BCUT2D eigenvalue weighted by atomic mass is 35.5. The molecule has 0 spiro atoms.